The first-order chi connectivity index (χ1) is 10.4. The third-order valence-electron chi connectivity index (χ3n) is 3.05. The van der Waals surface area contributed by atoms with Crippen molar-refractivity contribution in [1.29, 1.82) is 5.26 Å². The number of ether oxygens (including phenoxy) is 1. The molecule has 0 saturated heterocycles. The Morgan fingerprint density at radius 3 is 3.00 bits per heavy atom. The minimum Gasteiger partial charge on any atom is -0.476 e. The maximum atomic E-state index is 10.9. The second-order valence-electron chi connectivity index (χ2n) is 5.67. The third-order valence-corrected chi connectivity index (χ3v) is 3.05. The van der Waals surface area contributed by atoms with Gasteiger partial charge in [0, 0.05) is 29.7 Å². The molecule has 0 radical (unpaired) electrons. The van der Waals surface area contributed by atoms with Gasteiger partial charge in [-0.1, -0.05) is 13.8 Å². The number of rotatable bonds is 6. The Morgan fingerprint density at radius 2 is 2.32 bits per heavy atom. The van der Waals surface area contributed by atoms with Crippen molar-refractivity contribution >= 4 is 23.0 Å². The molecule has 0 spiro atoms. The highest BCUT2D eigenvalue weighted by Crippen LogP contribution is 2.28. The smallest absolute Gasteiger partial charge is 0.241 e. The number of carbonyl (C=O) groups excluding carboxylic acids is 1. The second kappa shape index (κ2) is 6.26. The molecular formula is C15H17N5O2. The van der Waals surface area contributed by atoms with Crippen molar-refractivity contribution in [3.63, 3.8) is 0 Å². The molecule has 7 heteroatoms. The summed E-state index contributed by atoms with van der Waals surface area (Å²) in [5.41, 5.74) is 6.14. The van der Waals surface area contributed by atoms with Crippen LogP contribution in [0, 0.1) is 16.7 Å². The second-order valence-corrected chi connectivity index (χ2v) is 5.67. The number of carbonyl (C=O) groups is 1. The molecule has 0 unspecified atom stereocenters. The number of aromatic amines is 1. The average Bonchev–Trinajstić information content (AvgIpc) is 2.86. The van der Waals surface area contributed by atoms with Gasteiger partial charge in [0.2, 0.25) is 11.8 Å². The number of aromatic nitrogens is 3. The fourth-order valence-corrected chi connectivity index (χ4v) is 1.90. The number of nitrogens with two attached hydrogens (primary N) is 1. The first kappa shape index (κ1) is 15.5. The van der Waals surface area contributed by atoms with E-state index in [4.69, 9.17) is 15.7 Å². The summed E-state index contributed by atoms with van der Waals surface area (Å²) in [7, 11) is 0. The lowest BCUT2D eigenvalue weighted by molar-refractivity contribution is -0.113. The van der Waals surface area contributed by atoms with Gasteiger partial charge in [0.05, 0.1) is 18.1 Å². The van der Waals surface area contributed by atoms with Crippen molar-refractivity contribution in [2.45, 2.75) is 20.3 Å². The van der Waals surface area contributed by atoms with E-state index in [0.717, 1.165) is 0 Å². The van der Waals surface area contributed by atoms with E-state index in [1.165, 1.54) is 12.4 Å². The molecule has 0 aromatic carbocycles. The Labute approximate surface area is 127 Å². The van der Waals surface area contributed by atoms with E-state index < -0.39 is 5.91 Å². The van der Waals surface area contributed by atoms with Crippen molar-refractivity contribution in [2.24, 2.45) is 11.1 Å². The maximum Gasteiger partial charge on any atom is 0.241 e. The van der Waals surface area contributed by atoms with Crippen LogP contribution in [0.5, 0.6) is 5.88 Å². The van der Waals surface area contributed by atoms with Crippen LogP contribution < -0.4 is 10.5 Å². The lowest BCUT2D eigenvalue weighted by atomic mass is 9.91. The molecule has 0 saturated carbocycles. The SMILES string of the molecule is CC(C)(CC#N)COc1ncnc2[nH]cc(/C=C/C(N)=O)c12. The molecule has 2 rings (SSSR count). The fraction of sp³-hybridized carbons (Fsp3) is 0.333. The molecule has 0 atom stereocenters. The standard InChI is InChI=1S/C15H17N5O2/c1-15(2,5-6-16)8-22-14-12-10(3-4-11(17)21)7-18-13(12)19-9-20-14/h3-4,7,9H,5,8H2,1-2H3,(H2,17,21)(H,18,19,20)/b4-3+. The summed E-state index contributed by atoms with van der Waals surface area (Å²) < 4.78 is 5.77. The summed E-state index contributed by atoms with van der Waals surface area (Å²) in [6, 6.07) is 2.14. The number of nitrogens with one attached hydrogen (secondary N) is 1. The topological polar surface area (TPSA) is 118 Å². The minimum atomic E-state index is -0.538. The summed E-state index contributed by atoms with van der Waals surface area (Å²) in [6.07, 6.45) is 6.32. The zero-order chi connectivity index (χ0) is 16.2. The maximum absolute atomic E-state index is 10.9. The predicted molar refractivity (Wildman–Crippen MR) is 81.6 cm³/mol. The highest BCUT2D eigenvalue weighted by atomic mass is 16.5. The highest BCUT2D eigenvalue weighted by molar-refractivity contribution is 5.96. The summed E-state index contributed by atoms with van der Waals surface area (Å²) >= 11 is 0. The molecule has 2 aromatic heterocycles. The molecule has 0 bridgehead atoms. The van der Waals surface area contributed by atoms with E-state index in [0.29, 0.717) is 35.5 Å². The molecule has 0 aliphatic carbocycles. The molecule has 2 aromatic rings. The molecule has 1 amide bonds. The summed E-state index contributed by atoms with van der Waals surface area (Å²) in [5.74, 6) is -0.134. The minimum absolute atomic E-state index is 0.286. The largest absolute Gasteiger partial charge is 0.476 e. The van der Waals surface area contributed by atoms with Crippen LogP contribution in [0.15, 0.2) is 18.6 Å². The van der Waals surface area contributed by atoms with E-state index in [-0.39, 0.29) is 5.41 Å². The quantitative estimate of drug-likeness (QED) is 0.788. The number of hydrogen-bond acceptors (Lipinski definition) is 5. The van der Waals surface area contributed by atoms with Crippen LogP contribution in [0.2, 0.25) is 0 Å². The van der Waals surface area contributed by atoms with E-state index in [2.05, 4.69) is 21.0 Å². The van der Waals surface area contributed by atoms with Crippen molar-refractivity contribution in [3.05, 3.63) is 24.2 Å². The van der Waals surface area contributed by atoms with Crippen LogP contribution in [0.3, 0.4) is 0 Å². The van der Waals surface area contributed by atoms with E-state index in [9.17, 15) is 4.79 Å². The van der Waals surface area contributed by atoms with Crippen LogP contribution in [-0.4, -0.2) is 27.5 Å². The molecule has 3 N–H and O–H groups in total. The monoisotopic (exact) mass is 299 g/mol. The lowest BCUT2D eigenvalue weighted by Gasteiger charge is -2.21. The Morgan fingerprint density at radius 1 is 1.55 bits per heavy atom. The van der Waals surface area contributed by atoms with Crippen LogP contribution in [0.25, 0.3) is 17.1 Å². The Bertz CT molecular complexity index is 755. The molecular weight excluding hydrogens is 282 g/mol. The van der Waals surface area contributed by atoms with Gasteiger partial charge in [-0.2, -0.15) is 5.26 Å². The van der Waals surface area contributed by atoms with Gasteiger partial charge in [0.25, 0.3) is 0 Å². The van der Waals surface area contributed by atoms with Crippen LogP contribution in [0.1, 0.15) is 25.8 Å². The Kier molecular flexibility index (Phi) is 4.41. The van der Waals surface area contributed by atoms with Gasteiger partial charge in [-0.15, -0.1) is 0 Å². The van der Waals surface area contributed by atoms with E-state index >= 15 is 0 Å². The highest BCUT2D eigenvalue weighted by Gasteiger charge is 2.20. The van der Waals surface area contributed by atoms with Gasteiger partial charge in [0.1, 0.15) is 12.0 Å². The fourth-order valence-electron chi connectivity index (χ4n) is 1.90. The van der Waals surface area contributed by atoms with Gasteiger partial charge >= 0.3 is 0 Å². The van der Waals surface area contributed by atoms with Gasteiger partial charge in [-0.05, 0) is 6.08 Å². The number of nitrogens with zero attached hydrogens (tertiary/aromatic N) is 3. The molecule has 0 aliphatic heterocycles. The molecule has 114 valence electrons. The number of amides is 1. The van der Waals surface area contributed by atoms with Crippen molar-refractivity contribution in [3.8, 4) is 11.9 Å². The zero-order valence-corrected chi connectivity index (χ0v) is 12.5. The summed E-state index contributed by atoms with van der Waals surface area (Å²) in [6.45, 7) is 4.23. The van der Waals surface area contributed by atoms with Gasteiger partial charge in [-0.3, -0.25) is 4.79 Å². The number of nitriles is 1. The number of fused-ring (bicyclic) bond motifs is 1. The molecule has 0 aliphatic rings. The summed E-state index contributed by atoms with van der Waals surface area (Å²) in [5, 5.41) is 9.49. The number of hydrogen-bond donors (Lipinski definition) is 2. The van der Waals surface area contributed by atoms with E-state index in [1.807, 2.05) is 13.8 Å². The lowest BCUT2D eigenvalue weighted by Crippen LogP contribution is -2.21. The van der Waals surface area contributed by atoms with Crippen molar-refractivity contribution in [1.82, 2.24) is 15.0 Å². The number of H-pyrrole nitrogens is 1. The van der Waals surface area contributed by atoms with Gasteiger partial charge < -0.3 is 15.5 Å². The third kappa shape index (κ3) is 3.61. The Balaban J connectivity index is 2.32. The van der Waals surface area contributed by atoms with Crippen LogP contribution >= 0.6 is 0 Å². The molecule has 7 nitrogen and oxygen atoms in total. The van der Waals surface area contributed by atoms with E-state index in [1.54, 1.807) is 12.3 Å². The molecule has 22 heavy (non-hydrogen) atoms. The average molecular weight is 299 g/mol. The predicted octanol–water partition coefficient (Wildman–Crippen LogP) is 1.78. The summed E-state index contributed by atoms with van der Waals surface area (Å²) in [4.78, 5) is 22.1. The molecule has 0 fully saturated rings. The first-order valence-electron chi connectivity index (χ1n) is 6.72. The van der Waals surface area contributed by atoms with Gasteiger partial charge in [-0.25, -0.2) is 9.97 Å². The molecule has 2 heterocycles. The normalized spacial score (nSPS) is 11.7. The van der Waals surface area contributed by atoms with Crippen molar-refractivity contribution < 1.29 is 9.53 Å². The van der Waals surface area contributed by atoms with Crippen molar-refractivity contribution in [2.75, 3.05) is 6.61 Å². The number of primary amides is 1. The zero-order valence-electron chi connectivity index (χ0n) is 12.5. The van der Waals surface area contributed by atoms with Crippen LogP contribution in [-0.2, 0) is 4.79 Å². The van der Waals surface area contributed by atoms with Crippen LogP contribution in [0.4, 0.5) is 0 Å². The first-order valence-corrected chi connectivity index (χ1v) is 6.72. The van der Waals surface area contributed by atoms with Gasteiger partial charge in [0.15, 0.2) is 0 Å². The Hall–Kier alpha value is -2.88.